The van der Waals surface area contributed by atoms with Crippen LogP contribution in [0, 0.1) is 0 Å². The number of thioether (sulfide) groups is 1. The van der Waals surface area contributed by atoms with Crippen LogP contribution in [0.15, 0.2) is 35.7 Å². The summed E-state index contributed by atoms with van der Waals surface area (Å²) in [5, 5.41) is 17.3. The summed E-state index contributed by atoms with van der Waals surface area (Å²) in [6, 6.07) is 7.95. The molecule has 20 heavy (non-hydrogen) atoms. The molecule has 2 heterocycles. The maximum Gasteiger partial charge on any atom is 0.313 e. The van der Waals surface area contributed by atoms with E-state index < -0.39 is 5.97 Å². The number of carboxylic acids is 1. The Bertz CT molecular complexity index is 629. The van der Waals surface area contributed by atoms with Gasteiger partial charge in [-0.1, -0.05) is 30.0 Å². The van der Waals surface area contributed by atoms with Crippen molar-refractivity contribution in [2.75, 3.05) is 12.4 Å². The molecular formula is C13H13N3O3S. The van der Waals surface area contributed by atoms with Crippen LogP contribution in [0.1, 0.15) is 18.0 Å². The molecule has 0 fully saturated rings. The average Bonchev–Trinajstić information content (AvgIpc) is 2.92. The third kappa shape index (κ3) is 2.49. The van der Waals surface area contributed by atoms with Crippen LogP contribution in [0.3, 0.4) is 0 Å². The third-order valence-corrected chi connectivity index (χ3v) is 4.07. The van der Waals surface area contributed by atoms with Gasteiger partial charge < -0.3 is 14.4 Å². The highest BCUT2D eigenvalue weighted by molar-refractivity contribution is 7.99. The first-order chi connectivity index (χ1) is 9.75. The van der Waals surface area contributed by atoms with Crippen molar-refractivity contribution in [2.45, 2.75) is 17.6 Å². The van der Waals surface area contributed by atoms with Gasteiger partial charge in [-0.2, -0.15) is 0 Å². The molecule has 0 radical (unpaired) electrons. The number of hydrogen-bond donors (Lipinski definition) is 1. The van der Waals surface area contributed by atoms with Crippen molar-refractivity contribution < 1.29 is 14.6 Å². The Morgan fingerprint density at radius 3 is 3.20 bits per heavy atom. The number of aliphatic carboxylic acids is 1. The predicted molar refractivity (Wildman–Crippen MR) is 73.1 cm³/mol. The summed E-state index contributed by atoms with van der Waals surface area (Å²) < 4.78 is 7.56. The van der Waals surface area contributed by atoms with Gasteiger partial charge in [0.25, 0.3) is 0 Å². The summed E-state index contributed by atoms with van der Waals surface area (Å²) in [6.45, 7) is 0.628. The minimum Gasteiger partial charge on any atom is -0.493 e. The van der Waals surface area contributed by atoms with Crippen LogP contribution in [-0.2, 0) is 4.79 Å². The van der Waals surface area contributed by atoms with Gasteiger partial charge in [0.05, 0.1) is 18.4 Å². The molecule has 0 spiro atoms. The number of para-hydroxylation sites is 1. The summed E-state index contributed by atoms with van der Waals surface area (Å²) in [5.41, 5.74) is 1.08. The molecule has 7 heteroatoms. The minimum atomic E-state index is -0.864. The fraction of sp³-hybridized carbons (Fsp3) is 0.308. The minimum absolute atomic E-state index is 0.0242. The lowest BCUT2D eigenvalue weighted by atomic mass is 10.0. The zero-order valence-electron chi connectivity index (χ0n) is 10.6. The monoisotopic (exact) mass is 291 g/mol. The van der Waals surface area contributed by atoms with Crippen LogP contribution >= 0.6 is 11.8 Å². The number of aromatic nitrogens is 3. The van der Waals surface area contributed by atoms with Gasteiger partial charge in [0.15, 0.2) is 5.16 Å². The van der Waals surface area contributed by atoms with E-state index in [2.05, 4.69) is 10.2 Å². The van der Waals surface area contributed by atoms with Crippen molar-refractivity contribution in [1.82, 2.24) is 14.8 Å². The van der Waals surface area contributed by atoms with E-state index in [0.29, 0.717) is 11.8 Å². The van der Waals surface area contributed by atoms with Gasteiger partial charge in [0, 0.05) is 12.0 Å². The molecule has 1 aliphatic heterocycles. The molecule has 6 nitrogen and oxygen atoms in total. The highest BCUT2D eigenvalue weighted by Gasteiger charge is 2.25. The summed E-state index contributed by atoms with van der Waals surface area (Å²) >= 11 is 1.18. The number of rotatable bonds is 4. The molecular weight excluding hydrogens is 278 g/mol. The average molecular weight is 291 g/mol. The number of ether oxygens (including phenoxy) is 1. The van der Waals surface area contributed by atoms with Crippen molar-refractivity contribution in [3.05, 3.63) is 36.2 Å². The topological polar surface area (TPSA) is 77.2 Å². The van der Waals surface area contributed by atoms with Gasteiger partial charge in [0.1, 0.15) is 12.1 Å². The number of nitrogens with zero attached hydrogens (tertiary/aromatic N) is 3. The second kappa shape index (κ2) is 5.54. The lowest BCUT2D eigenvalue weighted by molar-refractivity contribution is -0.133. The first-order valence-electron chi connectivity index (χ1n) is 6.21. The molecule has 0 aliphatic carbocycles. The van der Waals surface area contributed by atoms with Crippen molar-refractivity contribution in [3.8, 4) is 5.75 Å². The van der Waals surface area contributed by atoms with Crippen molar-refractivity contribution in [1.29, 1.82) is 0 Å². The van der Waals surface area contributed by atoms with Gasteiger partial charge in [-0.3, -0.25) is 4.79 Å². The SMILES string of the molecule is O=C(O)CSc1nncn1C1CCOc2ccccc21. The zero-order valence-corrected chi connectivity index (χ0v) is 11.4. The fourth-order valence-corrected chi connectivity index (χ4v) is 2.97. The normalized spacial score (nSPS) is 17.3. The molecule has 0 saturated heterocycles. The highest BCUT2D eigenvalue weighted by Crippen LogP contribution is 2.36. The number of carboxylic acid groups (broad SMARTS) is 1. The van der Waals surface area contributed by atoms with E-state index in [1.807, 2.05) is 28.8 Å². The number of fused-ring (bicyclic) bond motifs is 1. The molecule has 1 aromatic carbocycles. The number of carbonyl (C=O) groups is 1. The Morgan fingerprint density at radius 1 is 1.50 bits per heavy atom. The Kier molecular flexibility index (Phi) is 3.60. The fourth-order valence-electron chi connectivity index (χ4n) is 2.29. The Balaban J connectivity index is 1.91. The van der Waals surface area contributed by atoms with E-state index >= 15 is 0 Å². The standard InChI is InChI=1S/C13H13N3O3S/c17-12(18)7-20-13-15-14-8-16(13)10-5-6-19-11-4-2-1-3-9(10)11/h1-4,8,10H,5-7H2,(H,17,18). The van der Waals surface area contributed by atoms with Crippen LogP contribution in [0.5, 0.6) is 5.75 Å². The molecule has 3 rings (SSSR count). The summed E-state index contributed by atoms with van der Waals surface area (Å²) in [6.07, 6.45) is 2.46. The van der Waals surface area contributed by atoms with Gasteiger partial charge in [-0.15, -0.1) is 10.2 Å². The van der Waals surface area contributed by atoms with Crippen LogP contribution in [0.4, 0.5) is 0 Å². The smallest absolute Gasteiger partial charge is 0.313 e. The van der Waals surface area contributed by atoms with Crippen molar-refractivity contribution in [2.24, 2.45) is 0 Å². The molecule has 1 aliphatic rings. The van der Waals surface area contributed by atoms with E-state index in [1.165, 1.54) is 11.8 Å². The largest absolute Gasteiger partial charge is 0.493 e. The van der Waals surface area contributed by atoms with Gasteiger partial charge in [-0.25, -0.2) is 0 Å². The zero-order chi connectivity index (χ0) is 13.9. The molecule has 1 N–H and O–H groups in total. The quantitative estimate of drug-likeness (QED) is 0.866. The highest BCUT2D eigenvalue weighted by atomic mass is 32.2. The summed E-state index contributed by atoms with van der Waals surface area (Å²) in [4.78, 5) is 10.7. The molecule has 2 aromatic rings. The number of hydrogen-bond acceptors (Lipinski definition) is 5. The molecule has 1 unspecified atom stereocenters. The van der Waals surface area contributed by atoms with E-state index in [9.17, 15) is 4.79 Å². The first kappa shape index (κ1) is 13.0. The summed E-state index contributed by atoms with van der Waals surface area (Å²) in [5.74, 6) is -0.0209. The van der Waals surface area contributed by atoms with Crippen LogP contribution in [0.2, 0.25) is 0 Å². The van der Waals surface area contributed by atoms with Crippen molar-refractivity contribution in [3.63, 3.8) is 0 Å². The lowest BCUT2D eigenvalue weighted by Crippen LogP contribution is -2.20. The van der Waals surface area contributed by atoms with Crippen LogP contribution in [-0.4, -0.2) is 38.2 Å². The Hall–Kier alpha value is -2.02. The Labute approximate surface area is 119 Å². The van der Waals surface area contributed by atoms with Crippen LogP contribution < -0.4 is 4.74 Å². The van der Waals surface area contributed by atoms with Crippen LogP contribution in [0.25, 0.3) is 0 Å². The second-order valence-electron chi connectivity index (χ2n) is 4.39. The molecule has 0 amide bonds. The predicted octanol–water partition coefficient (Wildman–Crippen LogP) is 1.83. The maximum absolute atomic E-state index is 10.7. The molecule has 0 saturated carbocycles. The molecule has 0 bridgehead atoms. The van der Waals surface area contributed by atoms with Gasteiger partial charge in [0.2, 0.25) is 0 Å². The van der Waals surface area contributed by atoms with E-state index in [-0.39, 0.29) is 11.8 Å². The molecule has 1 aromatic heterocycles. The molecule has 104 valence electrons. The third-order valence-electron chi connectivity index (χ3n) is 3.13. The maximum atomic E-state index is 10.7. The molecule has 1 atom stereocenters. The van der Waals surface area contributed by atoms with Gasteiger partial charge >= 0.3 is 5.97 Å². The van der Waals surface area contributed by atoms with Gasteiger partial charge in [-0.05, 0) is 6.07 Å². The van der Waals surface area contributed by atoms with Crippen molar-refractivity contribution >= 4 is 17.7 Å². The summed E-state index contributed by atoms with van der Waals surface area (Å²) in [7, 11) is 0. The van der Waals surface area contributed by atoms with E-state index in [4.69, 9.17) is 9.84 Å². The Morgan fingerprint density at radius 2 is 2.35 bits per heavy atom. The lowest BCUT2D eigenvalue weighted by Gasteiger charge is -2.27. The van der Waals surface area contributed by atoms with E-state index in [1.54, 1.807) is 6.33 Å². The first-order valence-corrected chi connectivity index (χ1v) is 7.20. The van der Waals surface area contributed by atoms with E-state index in [0.717, 1.165) is 17.7 Å². The second-order valence-corrected chi connectivity index (χ2v) is 5.34. The number of benzene rings is 1.